The molecule has 0 radical (unpaired) electrons. The molecule has 0 bridgehead atoms. The van der Waals surface area contributed by atoms with Gasteiger partial charge < -0.3 is 10.6 Å². The molecule has 2 aliphatic rings. The fourth-order valence-electron chi connectivity index (χ4n) is 1.92. The van der Waals surface area contributed by atoms with Gasteiger partial charge in [0.2, 0.25) is 5.91 Å². The molecule has 2 rings (SSSR count). The molecule has 4 heteroatoms. The summed E-state index contributed by atoms with van der Waals surface area (Å²) < 4.78 is 0.303. The highest BCUT2D eigenvalue weighted by Gasteiger charge is 2.41. The van der Waals surface area contributed by atoms with E-state index < -0.39 is 0 Å². The van der Waals surface area contributed by atoms with E-state index in [1.54, 1.807) is 0 Å². The van der Waals surface area contributed by atoms with Gasteiger partial charge in [-0.2, -0.15) is 11.8 Å². The molecule has 0 saturated carbocycles. The Kier molecular flexibility index (Phi) is 2.75. The summed E-state index contributed by atoms with van der Waals surface area (Å²) in [7, 11) is 0. The average molecular weight is 214 g/mol. The maximum atomic E-state index is 11.5. The number of hydrogen-bond donors (Lipinski definition) is 2. The minimum Gasteiger partial charge on any atom is -0.355 e. The molecule has 1 amide bonds. The Morgan fingerprint density at radius 3 is 2.86 bits per heavy atom. The molecule has 3 nitrogen and oxygen atoms in total. The van der Waals surface area contributed by atoms with Crippen molar-refractivity contribution in [3.05, 3.63) is 0 Å². The monoisotopic (exact) mass is 214 g/mol. The van der Waals surface area contributed by atoms with Gasteiger partial charge in [0.05, 0.1) is 6.04 Å². The van der Waals surface area contributed by atoms with E-state index in [2.05, 4.69) is 24.5 Å². The Labute approximate surface area is 89.4 Å². The first-order valence-corrected chi connectivity index (χ1v) is 6.26. The first-order valence-electron chi connectivity index (χ1n) is 5.27. The minimum atomic E-state index is 0.0499. The standard InChI is InChI=1S/C10H18N2OS/c1-10(2)8(6-14-10)12-7-4-3-5-11-9(7)13/h7-8,12H,3-6H2,1-2H3,(H,11,13). The summed E-state index contributed by atoms with van der Waals surface area (Å²) in [5.41, 5.74) is 0. The number of nitrogens with one attached hydrogen (secondary N) is 2. The highest BCUT2D eigenvalue weighted by Crippen LogP contribution is 2.40. The predicted octanol–water partition coefficient (Wildman–Crippen LogP) is 0.749. The van der Waals surface area contributed by atoms with Crippen LogP contribution in [-0.4, -0.2) is 35.0 Å². The second-order valence-corrected chi connectivity index (χ2v) is 6.29. The zero-order valence-corrected chi connectivity index (χ0v) is 9.62. The Morgan fingerprint density at radius 1 is 1.57 bits per heavy atom. The van der Waals surface area contributed by atoms with Crippen molar-refractivity contribution in [1.82, 2.24) is 10.6 Å². The van der Waals surface area contributed by atoms with Gasteiger partial charge in [0, 0.05) is 23.1 Å². The molecule has 2 atom stereocenters. The highest BCUT2D eigenvalue weighted by atomic mass is 32.2. The molecule has 0 aromatic rings. The zero-order chi connectivity index (χ0) is 10.2. The molecule has 2 N–H and O–H groups in total. The van der Waals surface area contributed by atoms with Crippen LogP contribution >= 0.6 is 11.8 Å². The lowest BCUT2D eigenvalue weighted by atomic mass is 9.99. The van der Waals surface area contributed by atoms with Gasteiger partial charge in [-0.1, -0.05) is 0 Å². The molecule has 2 unspecified atom stereocenters. The number of carbonyl (C=O) groups is 1. The van der Waals surface area contributed by atoms with Gasteiger partial charge in [-0.3, -0.25) is 4.79 Å². The third kappa shape index (κ3) is 1.91. The largest absolute Gasteiger partial charge is 0.355 e. The van der Waals surface area contributed by atoms with E-state index in [-0.39, 0.29) is 11.9 Å². The summed E-state index contributed by atoms with van der Waals surface area (Å²) >= 11 is 1.97. The average Bonchev–Trinajstić information content (AvgIpc) is 2.15. The van der Waals surface area contributed by atoms with Crippen molar-refractivity contribution >= 4 is 17.7 Å². The number of thioether (sulfide) groups is 1. The van der Waals surface area contributed by atoms with Crippen molar-refractivity contribution in [2.75, 3.05) is 12.3 Å². The third-order valence-corrected chi connectivity index (χ3v) is 4.68. The van der Waals surface area contributed by atoms with E-state index in [9.17, 15) is 4.79 Å². The second kappa shape index (κ2) is 3.74. The number of rotatable bonds is 2. The molecule has 80 valence electrons. The van der Waals surface area contributed by atoms with Crippen LogP contribution in [0, 0.1) is 0 Å². The van der Waals surface area contributed by atoms with E-state index >= 15 is 0 Å². The van der Waals surface area contributed by atoms with Gasteiger partial charge in [0.15, 0.2) is 0 Å². The normalized spacial score (nSPS) is 36.0. The summed E-state index contributed by atoms with van der Waals surface area (Å²) in [6.07, 6.45) is 2.09. The topological polar surface area (TPSA) is 41.1 Å². The van der Waals surface area contributed by atoms with Crippen LogP contribution in [-0.2, 0) is 4.79 Å². The van der Waals surface area contributed by atoms with Crippen LogP contribution in [0.1, 0.15) is 26.7 Å². The summed E-state index contributed by atoms with van der Waals surface area (Å²) in [5.74, 6) is 1.32. The van der Waals surface area contributed by atoms with Gasteiger partial charge in [-0.05, 0) is 26.7 Å². The molecule has 0 aromatic carbocycles. The van der Waals surface area contributed by atoms with Gasteiger partial charge in [0.1, 0.15) is 0 Å². The SMILES string of the molecule is CC1(C)SCC1NC1CCCNC1=O. The van der Waals surface area contributed by atoms with E-state index in [0.717, 1.165) is 25.1 Å². The summed E-state index contributed by atoms with van der Waals surface area (Å²) in [6, 6.07) is 0.551. The lowest BCUT2D eigenvalue weighted by Gasteiger charge is -2.46. The van der Waals surface area contributed by atoms with Crippen LogP contribution in [0.5, 0.6) is 0 Å². The first kappa shape index (κ1) is 10.3. The maximum absolute atomic E-state index is 11.5. The number of piperidine rings is 1. The van der Waals surface area contributed by atoms with Crippen LogP contribution in [0.25, 0.3) is 0 Å². The molecule has 0 aliphatic carbocycles. The third-order valence-electron chi connectivity index (χ3n) is 3.15. The van der Waals surface area contributed by atoms with E-state index in [0.29, 0.717) is 10.8 Å². The molecule has 2 aliphatic heterocycles. The summed E-state index contributed by atoms with van der Waals surface area (Å²) in [4.78, 5) is 11.5. The van der Waals surface area contributed by atoms with E-state index in [4.69, 9.17) is 0 Å². The highest BCUT2D eigenvalue weighted by molar-refractivity contribution is 8.02. The van der Waals surface area contributed by atoms with Crippen LogP contribution < -0.4 is 10.6 Å². The van der Waals surface area contributed by atoms with E-state index in [1.807, 2.05) is 11.8 Å². The summed E-state index contributed by atoms with van der Waals surface area (Å²) in [6.45, 7) is 5.32. The molecule has 2 fully saturated rings. The Morgan fingerprint density at radius 2 is 2.36 bits per heavy atom. The molecule has 0 aromatic heterocycles. The predicted molar refractivity (Wildman–Crippen MR) is 59.5 cm³/mol. The summed E-state index contributed by atoms with van der Waals surface area (Å²) in [5, 5.41) is 6.37. The van der Waals surface area contributed by atoms with Crippen molar-refractivity contribution in [1.29, 1.82) is 0 Å². The van der Waals surface area contributed by atoms with Gasteiger partial charge in [-0.25, -0.2) is 0 Å². The van der Waals surface area contributed by atoms with E-state index in [1.165, 1.54) is 0 Å². The van der Waals surface area contributed by atoms with Crippen LogP contribution in [0.3, 0.4) is 0 Å². The molecular weight excluding hydrogens is 196 g/mol. The number of amides is 1. The molecule has 0 spiro atoms. The molecular formula is C10H18N2OS. The van der Waals surface area contributed by atoms with Crippen LogP contribution in [0.4, 0.5) is 0 Å². The first-order chi connectivity index (χ1) is 6.59. The Hall–Kier alpha value is -0.220. The maximum Gasteiger partial charge on any atom is 0.237 e. The fourth-order valence-corrected chi connectivity index (χ4v) is 3.09. The second-order valence-electron chi connectivity index (χ2n) is 4.62. The smallest absolute Gasteiger partial charge is 0.237 e. The lowest BCUT2D eigenvalue weighted by molar-refractivity contribution is -0.124. The van der Waals surface area contributed by atoms with Crippen molar-refractivity contribution < 1.29 is 4.79 Å². The van der Waals surface area contributed by atoms with Crippen LogP contribution in [0.15, 0.2) is 0 Å². The van der Waals surface area contributed by atoms with Gasteiger partial charge >= 0.3 is 0 Å². The van der Waals surface area contributed by atoms with Crippen molar-refractivity contribution in [2.45, 2.75) is 43.5 Å². The number of hydrogen-bond acceptors (Lipinski definition) is 3. The van der Waals surface area contributed by atoms with Crippen molar-refractivity contribution in [3.63, 3.8) is 0 Å². The fraction of sp³-hybridized carbons (Fsp3) is 0.900. The quantitative estimate of drug-likeness (QED) is 0.712. The van der Waals surface area contributed by atoms with Gasteiger partial charge in [-0.15, -0.1) is 0 Å². The van der Waals surface area contributed by atoms with Crippen LogP contribution in [0.2, 0.25) is 0 Å². The molecule has 2 saturated heterocycles. The zero-order valence-electron chi connectivity index (χ0n) is 8.80. The Bertz CT molecular complexity index is 242. The number of carbonyl (C=O) groups excluding carboxylic acids is 1. The van der Waals surface area contributed by atoms with Gasteiger partial charge in [0.25, 0.3) is 0 Å². The Balaban J connectivity index is 1.87. The lowest BCUT2D eigenvalue weighted by Crippen LogP contribution is -2.61. The molecule has 2 heterocycles. The minimum absolute atomic E-state index is 0.0499. The van der Waals surface area contributed by atoms with Crippen molar-refractivity contribution in [3.8, 4) is 0 Å². The van der Waals surface area contributed by atoms with Crippen molar-refractivity contribution in [2.24, 2.45) is 0 Å². The molecule has 14 heavy (non-hydrogen) atoms.